The zero-order valence-electron chi connectivity index (χ0n) is 16.5. The number of rotatable bonds is 8. The van der Waals surface area contributed by atoms with Crippen LogP contribution in [-0.4, -0.2) is 45.5 Å². The van der Waals surface area contributed by atoms with E-state index >= 15 is 0 Å². The molecular formula is C22H25N3O5. The van der Waals surface area contributed by atoms with Gasteiger partial charge in [0.1, 0.15) is 6.04 Å². The number of anilines is 1. The van der Waals surface area contributed by atoms with Crippen molar-refractivity contribution in [2.24, 2.45) is 5.73 Å². The molecule has 30 heavy (non-hydrogen) atoms. The highest BCUT2D eigenvalue weighted by atomic mass is 16.4. The molecule has 0 aliphatic carbocycles. The van der Waals surface area contributed by atoms with Crippen molar-refractivity contribution in [3.8, 4) is 0 Å². The van der Waals surface area contributed by atoms with E-state index in [2.05, 4.69) is 5.32 Å². The number of aryl methyl sites for hydroxylation is 1. The lowest BCUT2D eigenvalue weighted by Gasteiger charge is -2.22. The third kappa shape index (κ3) is 5.15. The number of aliphatic carboxylic acids is 2. The summed E-state index contributed by atoms with van der Waals surface area (Å²) in [5.74, 6) is -2.60. The Morgan fingerprint density at radius 1 is 1.10 bits per heavy atom. The molecule has 1 unspecified atom stereocenters. The minimum absolute atomic E-state index is 0.126. The average molecular weight is 411 g/mol. The second-order valence-corrected chi connectivity index (χ2v) is 7.36. The Balaban J connectivity index is 1.80. The number of nitrogens with zero attached hydrogens (tertiary/aromatic N) is 1. The van der Waals surface area contributed by atoms with Gasteiger partial charge in [0.15, 0.2) is 0 Å². The van der Waals surface area contributed by atoms with Gasteiger partial charge in [-0.2, -0.15) is 0 Å². The number of hydrogen-bond donors (Lipinski definition) is 4. The highest BCUT2D eigenvalue weighted by molar-refractivity contribution is 5.97. The summed E-state index contributed by atoms with van der Waals surface area (Å²) < 4.78 is 0. The fraction of sp³-hybridized carbons (Fsp3) is 0.318. The zero-order valence-corrected chi connectivity index (χ0v) is 16.5. The molecule has 8 nitrogen and oxygen atoms in total. The zero-order chi connectivity index (χ0) is 21.7. The van der Waals surface area contributed by atoms with Crippen molar-refractivity contribution in [1.29, 1.82) is 0 Å². The van der Waals surface area contributed by atoms with Crippen LogP contribution in [0, 0.1) is 0 Å². The molecular weight excluding hydrogens is 386 g/mol. The van der Waals surface area contributed by atoms with E-state index in [4.69, 9.17) is 10.8 Å². The first-order valence-corrected chi connectivity index (χ1v) is 9.78. The van der Waals surface area contributed by atoms with E-state index in [0.29, 0.717) is 30.9 Å². The lowest BCUT2D eigenvalue weighted by Crippen LogP contribution is -2.32. The maximum Gasteiger partial charge on any atom is 0.326 e. The SMILES string of the molecule is NCc1ccc(CN2CCCc3ccc(NC(CC(=O)O)C(=O)O)cc3C2=O)cc1. The van der Waals surface area contributed by atoms with Gasteiger partial charge in [0.2, 0.25) is 0 Å². The average Bonchev–Trinajstić information content (AvgIpc) is 2.87. The quantitative estimate of drug-likeness (QED) is 0.523. The molecule has 0 bridgehead atoms. The lowest BCUT2D eigenvalue weighted by molar-refractivity contribution is -0.144. The largest absolute Gasteiger partial charge is 0.481 e. The van der Waals surface area contributed by atoms with E-state index in [0.717, 1.165) is 29.5 Å². The number of carbonyl (C=O) groups excluding carboxylic acids is 1. The number of hydrogen-bond acceptors (Lipinski definition) is 5. The number of fused-ring (bicyclic) bond motifs is 1. The molecule has 158 valence electrons. The molecule has 1 aliphatic rings. The molecule has 1 aliphatic heterocycles. The maximum atomic E-state index is 13.2. The number of benzene rings is 2. The molecule has 5 N–H and O–H groups in total. The number of amides is 1. The van der Waals surface area contributed by atoms with Crippen LogP contribution in [0.1, 0.15) is 39.9 Å². The molecule has 0 saturated carbocycles. The summed E-state index contributed by atoms with van der Waals surface area (Å²) in [4.78, 5) is 37.2. The minimum Gasteiger partial charge on any atom is -0.481 e. The summed E-state index contributed by atoms with van der Waals surface area (Å²) in [7, 11) is 0. The van der Waals surface area contributed by atoms with Crippen molar-refractivity contribution in [2.75, 3.05) is 11.9 Å². The van der Waals surface area contributed by atoms with Crippen molar-refractivity contribution in [1.82, 2.24) is 4.90 Å². The minimum atomic E-state index is -1.28. The summed E-state index contributed by atoms with van der Waals surface area (Å²) in [5, 5.41) is 20.9. The van der Waals surface area contributed by atoms with Gasteiger partial charge in [0.05, 0.1) is 6.42 Å². The standard InChI is InChI=1S/C22H25N3O5/c23-12-14-3-5-15(6-4-14)13-25-9-1-2-16-7-8-17(10-18(16)21(25)28)24-19(22(29)30)11-20(26)27/h3-8,10,19,24H,1-2,9,11-13,23H2,(H,26,27)(H,29,30). The van der Waals surface area contributed by atoms with Gasteiger partial charge in [-0.3, -0.25) is 9.59 Å². The molecule has 0 fully saturated rings. The molecule has 0 aromatic heterocycles. The second kappa shape index (κ2) is 9.41. The van der Waals surface area contributed by atoms with E-state index in [1.54, 1.807) is 23.1 Å². The Morgan fingerprint density at radius 2 is 1.80 bits per heavy atom. The molecule has 1 amide bonds. The number of carboxylic acids is 2. The number of carbonyl (C=O) groups is 3. The predicted molar refractivity (Wildman–Crippen MR) is 111 cm³/mol. The van der Waals surface area contributed by atoms with E-state index in [1.165, 1.54) is 0 Å². The first kappa shape index (κ1) is 21.3. The van der Waals surface area contributed by atoms with Crippen LogP contribution in [-0.2, 0) is 29.1 Å². The van der Waals surface area contributed by atoms with E-state index < -0.39 is 24.4 Å². The molecule has 2 aromatic carbocycles. The topological polar surface area (TPSA) is 133 Å². The van der Waals surface area contributed by atoms with Crippen LogP contribution in [0.25, 0.3) is 0 Å². The second-order valence-electron chi connectivity index (χ2n) is 7.36. The Hall–Kier alpha value is -3.39. The van der Waals surface area contributed by atoms with E-state index in [9.17, 15) is 19.5 Å². The van der Waals surface area contributed by atoms with Crippen LogP contribution in [0.3, 0.4) is 0 Å². The van der Waals surface area contributed by atoms with Crippen LogP contribution < -0.4 is 11.1 Å². The van der Waals surface area contributed by atoms with Crippen molar-refractivity contribution < 1.29 is 24.6 Å². The van der Waals surface area contributed by atoms with Crippen LogP contribution in [0.2, 0.25) is 0 Å². The maximum absolute atomic E-state index is 13.2. The van der Waals surface area contributed by atoms with Crippen LogP contribution >= 0.6 is 0 Å². The third-order valence-corrected chi connectivity index (χ3v) is 5.15. The van der Waals surface area contributed by atoms with Gasteiger partial charge in [-0.15, -0.1) is 0 Å². The highest BCUT2D eigenvalue weighted by Gasteiger charge is 2.25. The lowest BCUT2D eigenvalue weighted by atomic mass is 10.0. The Morgan fingerprint density at radius 3 is 2.43 bits per heavy atom. The molecule has 2 aromatic rings. The Bertz CT molecular complexity index is 942. The number of carboxylic acid groups (broad SMARTS) is 2. The van der Waals surface area contributed by atoms with Gasteiger partial charge in [-0.25, -0.2) is 4.79 Å². The van der Waals surface area contributed by atoms with Crippen molar-refractivity contribution in [3.63, 3.8) is 0 Å². The number of nitrogens with one attached hydrogen (secondary N) is 1. The summed E-state index contributed by atoms with van der Waals surface area (Å²) in [6.07, 6.45) is 0.996. The highest BCUT2D eigenvalue weighted by Crippen LogP contribution is 2.24. The fourth-order valence-corrected chi connectivity index (χ4v) is 3.54. The molecule has 0 radical (unpaired) electrons. The Labute approximate surface area is 174 Å². The van der Waals surface area contributed by atoms with E-state index in [-0.39, 0.29) is 5.91 Å². The smallest absolute Gasteiger partial charge is 0.326 e. The van der Waals surface area contributed by atoms with Crippen molar-refractivity contribution in [3.05, 3.63) is 64.7 Å². The summed E-state index contributed by atoms with van der Waals surface area (Å²) in [6.45, 7) is 1.55. The van der Waals surface area contributed by atoms with Gasteiger partial charge in [0.25, 0.3) is 5.91 Å². The molecule has 8 heteroatoms. The first-order valence-electron chi connectivity index (χ1n) is 9.78. The molecule has 0 saturated heterocycles. The van der Waals surface area contributed by atoms with Gasteiger partial charge >= 0.3 is 11.9 Å². The third-order valence-electron chi connectivity index (χ3n) is 5.15. The van der Waals surface area contributed by atoms with E-state index in [1.807, 2.05) is 24.3 Å². The molecule has 1 heterocycles. The Kier molecular flexibility index (Phi) is 6.68. The van der Waals surface area contributed by atoms with Gasteiger partial charge < -0.3 is 26.2 Å². The van der Waals surface area contributed by atoms with Crippen LogP contribution in [0.4, 0.5) is 5.69 Å². The van der Waals surface area contributed by atoms with Gasteiger partial charge in [0, 0.05) is 30.9 Å². The van der Waals surface area contributed by atoms with Crippen molar-refractivity contribution in [2.45, 2.75) is 38.4 Å². The predicted octanol–water partition coefficient (Wildman–Crippen LogP) is 2.07. The van der Waals surface area contributed by atoms with Crippen LogP contribution in [0.15, 0.2) is 42.5 Å². The first-order chi connectivity index (χ1) is 14.4. The fourth-order valence-electron chi connectivity index (χ4n) is 3.54. The molecule has 1 atom stereocenters. The number of nitrogens with two attached hydrogens (primary N) is 1. The summed E-state index contributed by atoms with van der Waals surface area (Å²) in [5.41, 5.74) is 9.48. The van der Waals surface area contributed by atoms with Gasteiger partial charge in [-0.05, 0) is 41.7 Å². The molecule has 3 rings (SSSR count). The monoisotopic (exact) mass is 411 g/mol. The normalized spacial score (nSPS) is 14.6. The van der Waals surface area contributed by atoms with Gasteiger partial charge in [-0.1, -0.05) is 30.3 Å². The molecule has 0 spiro atoms. The summed E-state index contributed by atoms with van der Waals surface area (Å²) in [6, 6.07) is 11.6. The summed E-state index contributed by atoms with van der Waals surface area (Å²) >= 11 is 0. The van der Waals surface area contributed by atoms with Crippen molar-refractivity contribution >= 4 is 23.5 Å². The van der Waals surface area contributed by atoms with Crippen LogP contribution in [0.5, 0.6) is 0 Å².